The first-order valence-electron chi connectivity index (χ1n) is 10.2. The first-order valence-corrected chi connectivity index (χ1v) is 10.2. The van der Waals surface area contributed by atoms with E-state index >= 15 is 0 Å². The fraction of sp³-hybridized carbons (Fsp3) is 0.154. The van der Waals surface area contributed by atoms with Gasteiger partial charge in [-0.15, -0.1) is 0 Å². The number of carbonyl (C=O) groups is 2. The van der Waals surface area contributed by atoms with Gasteiger partial charge in [-0.25, -0.2) is 4.79 Å². The minimum atomic E-state index is -0.595. The minimum Gasteiger partial charge on any atom is -0.497 e. The lowest BCUT2D eigenvalue weighted by molar-refractivity contribution is 0.0734. The Morgan fingerprint density at radius 3 is 2.18 bits per heavy atom. The highest BCUT2D eigenvalue weighted by Crippen LogP contribution is 2.37. The van der Waals surface area contributed by atoms with Gasteiger partial charge in [-0.1, -0.05) is 0 Å². The van der Waals surface area contributed by atoms with Crippen molar-refractivity contribution in [2.24, 2.45) is 0 Å². The molecule has 3 aromatic carbocycles. The van der Waals surface area contributed by atoms with Crippen LogP contribution in [0.5, 0.6) is 34.5 Å². The Morgan fingerprint density at radius 2 is 1.47 bits per heavy atom. The van der Waals surface area contributed by atoms with E-state index < -0.39 is 5.97 Å². The zero-order chi connectivity index (χ0) is 24.2. The van der Waals surface area contributed by atoms with Gasteiger partial charge >= 0.3 is 5.97 Å². The molecule has 8 heteroatoms. The molecule has 0 fully saturated rings. The second-order valence-electron chi connectivity index (χ2n) is 7.16. The van der Waals surface area contributed by atoms with Crippen molar-refractivity contribution >= 4 is 17.8 Å². The number of carbonyl (C=O) groups excluding carboxylic acids is 2. The molecule has 1 heterocycles. The second kappa shape index (κ2) is 9.58. The summed E-state index contributed by atoms with van der Waals surface area (Å²) in [6.45, 7) is 0. The molecule has 1 aliphatic heterocycles. The van der Waals surface area contributed by atoms with Crippen LogP contribution in [0, 0.1) is 0 Å². The molecule has 0 amide bonds. The van der Waals surface area contributed by atoms with E-state index in [4.69, 9.17) is 28.4 Å². The van der Waals surface area contributed by atoms with Crippen LogP contribution >= 0.6 is 0 Å². The first kappa shape index (κ1) is 22.7. The molecule has 4 rings (SSSR count). The molecule has 8 nitrogen and oxygen atoms in total. The van der Waals surface area contributed by atoms with Crippen LogP contribution in [0.15, 0.2) is 60.4 Å². The van der Waals surface area contributed by atoms with Gasteiger partial charge in [0.25, 0.3) is 0 Å². The summed E-state index contributed by atoms with van der Waals surface area (Å²) in [4.78, 5) is 25.5. The van der Waals surface area contributed by atoms with Gasteiger partial charge < -0.3 is 28.4 Å². The molecule has 0 unspecified atom stereocenters. The number of rotatable bonds is 7. The van der Waals surface area contributed by atoms with E-state index in [1.54, 1.807) is 49.6 Å². The summed E-state index contributed by atoms with van der Waals surface area (Å²) in [6.07, 6.45) is 1.58. The van der Waals surface area contributed by atoms with Crippen LogP contribution in [-0.2, 0) is 0 Å². The predicted octanol–water partition coefficient (Wildman–Crippen LogP) is 4.56. The van der Waals surface area contributed by atoms with Crippen molar-refractivity contribution in [2.45, 2.75) is 0 Å². The van der Waals surface area contributed by atoms with E-state index in [1.807, 2.05) is 0 Å². The Labute approximate surface area is 196 Å². The Kier molecular flexibility index (Phi) is 6.40. The molecule has 1 aliphatic rings. The summed E-state index contributed by atoms with van der Waals surface area (Å²) in [5, 5.41) is 0. The molecule has 34 heavy (non-hydrogen) atoms. The number of Topliss-reactive ketones (excluding diaryl/α,β-unsaturated/α-hetero) is 1. The maximum absolute atomic E-state index is 12.8. The molecular weight excluding hydrogens is 440 g/mol. The number of methoxy groups -OCH3 is 4. The molecule has 0 aliphatic carbocycles. The Hall–Kier alpha value is -4.46. The van der Waals surface area contributed by atoms with Crippen molar-refractivity contribution in [1.29, 1.82) is 0 Å². The van der Waals surface area contributed by atoms with Gasteiger partial charge in [0, 0.05) is 11.6 Å². The van der Waals surface area contributed by atoms with Crippen molar-refractivity contribution in [1.82, 2.24) is 0 Å². The third-order valence-corrected chi connectivity index (χ3v) is 5.19. The molecular formula is C26H22O8. The second-order valence-corrected chi connectivity index (χ2v) is 7.16. The quantitative estimate of drug-likeness (QED) is 0.287. The average Bonchev–Trinajstić information content (AvgIpc) is 3.17. The highest BCUT2D eigenvalue weighted by Gasteiger charge is 2.28. The van der Waals surface area contributed by atoms with E-state index in [9.17, 15) is 9.59 Å². The number of esters is 1. The summed E-state index contributed by atoms with van der Waals surface area (Å²) in [6, 6.07) is 14.5. The summed E-state index contributed by atoms with van der Waals surface area (Å²) < 4.78 is 32.3. The number of hydrogen-bond acceptors (Lipinski definition) is 8. The third-order valence-electron chi connectivity index (χ3n) is 5.19. The fourth-order valence-electron chi connectivity index (χ4n) is 3.45. The normalized spacial score (nSPS) is 13.2. The van der Waals surface area contributed by atoms with Crippen LogP contribution in [0.4, 0.5) is 0 Å². The highest BCUT2D eigenvalue weighted by atomic mass is 16.5. The number of benzene rings is 3. The van der Waals surface area contributed by atoms with E-state index in [1.165, 1.54) is 39.5 Å². The van der Waals surface area contributed by atoms with Crippen LogP contribution in [0.2, 0.25) is 0 Å². The zero-order valence-electron chi connectivity index (χ0n) is 19.0. The van der Waals surface area contributed by atoms with Crippen LogP contribution in [0.1, 0.15) is 26.3 Å². The number of ketones is 1. The lowest BCUT2D eigenvalue weighted by Gasteiger charge is -2.10. The fourth-order valence-corrected chi connectivity index (χ4v) is 3.45. The molecule has 0 aromatic heterocycles. The maximum atomic E-state index is 12.8. The van der Waals surface area contributed by atoms with E-state index in [0.717, 1.165) is 0 Å². The first-order chi connectivity index (χ1) is 16.5. The van der Waals surface area contributed by atoms with Crippen LogP contribution < -0.4 is 28.4 Å². The molecule has 0 N–H and O–H groups in total. The standard InChI is InChI=1S/C26H22O8/c1-29-17-7-10-20(30-2)16(11-17)13-24-25(27)19-8-6-18(14-22(19)34-24)33-26(28)15-5-9-21(31-3)23(12-15)32-4/h5-14H,1-4H3. The van der Waals surface area contributed by atoms with Gasteiger partial charge in [0.1, 0.15) is 23.0 Å². The van der Waals surface area contributed by atoms with E-state index in [-0.39, 0.29) is 28.6 Å². The Bertz CT molecular complexity index is 1290. The minimum absolute atomic E-state index is 0.116. The summed E-state index contributed by atoms with van der Waals surface area (Å²) in [5.41, 5.74) is 1.26. The van der Waals surface area contributed by atoms with E-state index in [2.05, 4.69) is 0 Å². The monoisotopic (exact) mass is 462 g/mol. The lowest BCUT2D eigenvalue weighted by atomic mass is 10.1. The van der Waals surface area contributed by atoms with Gasteiger partial charge in [-0.2, -0.15) is 0 Å². The number of hydrogen-bond donors (Lipinski definition) is 0. The third kappa shape index (κ3) is 4.38. The topological polar surface area (TPSA) is 89.5 Å². The van der Waals surface area contributed by atoms with Gasteiger partial charge in [0.05, 0.1) is 39.6 Å². The summed E-state index contributed by atoms with van der Waals surface area (Å²) in [5.74, 6) is 1.81. The summed E-state index contributed by atoms with van der Waals surface area (Å²) >= 11 is 0. The number of fused-ring (bicyclic) bond motifs is 1. The van der Waals surface area contributed by atoms with Crippen LogP contribution in [0.25, 0.3) is 6.08 Å². The van der Waals surface area contributed by atoms with Crippen molar-refractivity contribution in [2.75, 3.05) is 28.4 Å². The highest BCUT2D eigenvalue weighted by molar-refractivity contribution is 6.14. The molecule has 3 aromatic rings. The van der Waals surface area contributed by atoms with Gasteiger partial charge in [-0.05, 0) is 54.6 Å². The lowest BCUT2D eigenvalue weighted by Crippen LogP contribution is -2.09. The molecule has 0 saturated carbocycles. The number of ether oxygens (including phenoxy) is 6. The largest absolute Gasteiger partial charge is 0.497 e. The molecule has 174 valence electrons. The number of allylic oxidation sites excluding steroid dienone is 1. The van der Waals surface area contributed by atoms with Crippen molar-refractivity contribution in [3.8, 4) is 34.5 Å². The Morgan fingerprint density at radius 1 is 0.765 bits per heavy atom. The smallest absolute Gasteiger partial charge is 0.343 e. The van der Waals surface area contributed by atoms with Crippen molar-refractivity contribution in [3.63, 3.8) is 0 Å². The van der Waals surface area contributed by atoms with Gasteiger partial charge in [0.2, 0.25) is 5.78 Å². The van der Waals surface area contributed by atoms with Gasteiger partial charge in [0.15, 0.2) is 17.3 Å². The molecule has 0 atom stereocenters. The van der Waals surface area contributed by atoms with Crippen molar-refractivity contribution in [3.05, 3.63) is 77.0 Å². The van der Waals surface area contributed by atoms with Crippen molar-refractivity contribution < 1.29 is 38.0 Å². The predicted molar refractivity (Wildman–Crippen MR) is 123 cm³/mol. The SMILES string of the molecule is COc1ccc(OC)c(C=C2Oc3cc(OC(=O)c4ccc(OC)c(OC)c4)ccc3C2=O)c1. The maximum Gasteiger partial charge on any atom is 0.343 e. The van der Waals surface area contributed by atoms with E-state index in [0.29, 0.717) is 34.1 Å². The molecule has 0 bridgehead atoms. The van der Waals surface area contributed by atoms with Crippen LogP contribution in [0.3, 0.4) is 0 Å². The van der Waals surface area contributed by atoms with Crippen LogP contribution in [-0.4, -0.2) is 40.2 Å². The molecule has 0 saturated heterocycles. The zero-order valence-corrected chi connectivity index (χ0v) is 19.0. The molecule has 0 radical (unpaired) electrons. The van der Waals surface area contributed by atoms with Gasteiger partial charge in [-0.3, -0.25) is 4.79 Å². The summed E-state index contributed by atoms with van der Waals surface area (Å²) in [7, 11) is 6.08. The average molecular weight is 462 g/mol. The molecule has 0 spiro atoms. The Balaban J connectivity index is 1.56.